The van der Waals surface area contributed by atoms with Crippen LogP contribution in [0.4, 0.5) is 0 Å². The number of aliphatic carboxylic acids is 1. The number of nitrogens with one attached hydrogen (secondary N) is 1. The summed E-state index contributed by atoms with van der Waals surface area (Å²) in [5.41, 5.74) is 1.73. The van der Waals surface area contributed by atoms with Gasteiger partial charge in [0.15, 0.2) is 0 Å². The summed E-state index contributed by atoms with van der Waals surface area (Å²) in [5, 5.41) is 11.5. The van der Waals surface area contributed by atoms with Crippen molar-refractivity contribution in [3.8, 4) is 0 Å². The maximum atomic E-state index is 11.8. The normalized spacial score (nSPS) is 12.0. The molecule has 23 heavy (non-hydrogen) atoms. The molecule has 1 atom stereocenters. The molecule has 0 saturated heterocycles. The molecule has 0 aliphatic carbocycles. The standard InChI is InChI=1S/C16H17N5O2/c22-16(23)15(8-14-9-18-11-19-14)21(20-7-6-17-12-20)10-13-4-2-1-3-5-13/h1-7,9,11-12,15H,8,10H2,(H,18,19)(H,22,23)/t15-/m0/s1. The molecule has 7 nitrogen and oxygen atoms in total. The van der Waals surface area contributed by atoms with Gasteiger partial charge in [-0.15, -0.1) is 0 Å². The average Bonchev–Trinajstić information content (AvgIpc) is 3.25. The van der Waals surface area contributed by atoms with E-state index in [0.29, 0.717) is 18.7 Å². The van der Waals surface area contributed by atoms with Gasteiger partial charge in [0.25, 0.3) is 0 Å². The minimum Gasteiger partial charge on any atom is -0.480 e. The highest BCUT2D eigenvalue weighted by atomic mass is 16.4. The van der Waals surface area contributed by atoms with E-state index in [1.165, 1.54) is 0 Å². The van der Waals surface area contributed by atoms with Gasteiger partial charge >= 0.3 is 5.97 Å². The van der Waals surface area contributed by atoms with Crippen LogP contribution in [0, 0.1) is 0 Å². The van der Waals surface area contributed by atoms with Crippen molar-refractivity contribution in [3.05, 3.63) is 72.8 Å². The van der Waals surface area contributed by atoms with E-state index in [0.717, 1.165) is 5.56 Å². The number of rotatable bonds is 7. The van der Waals surface area contributed by atoms with Gasteiger partial charge < -0.3 is 10.1 Å². The van der Waals surface area contributed by atoms with Crippen LogP contribution < -0.4 is 5.01 Å². The van der Waals surface area contributed by atoms with Crippen molar-refractivity contribution in [2.24, 2.45) is 0 Å². The Kier molecular flexibility index (Phi) is 4.37. The van der Waals surface area contributed by atoms with Gasteiger partial charge in [0.05, 0.1) is 18.6 Å². The second-order valence-electron chi connectivity index (χ2n) is 5.14. The molecule has 2 heterocycles. The Morgan fingerprint density at radius 3 is 2.78 bits per heavy atom. The van der Waals surface area contributed by atoms with Crippen molar-refractivity contribution in [3.63, 3.8) is 0 Å². The summed E-state index contributed by atoms with van der Waals surface area (Å²) in [6.07, 6.45) is 8.53. The van der Waals surface area contributed by atoms with Crippen molar-refractivity contribution >= 4 is 5.97 Å². The van der Waals surface area contributed by atoms with E-state index in [-0.39, 0.29) is 0 Å². The molecule has 0 amide bonds. The first-order chi connectivity index (χ1) is 11.2. The lowest BCUT2D eigenvalue weighted by molar-refractivity contribution is -0.139. The SMILES string of the molecule is O=C(O)[C@H](Cc1c[nH]cn1)N(Cc1ccccc1)n1ccnc1. The van der Waals surface area contributed by atoms with Crippen LogP contribution in [0.1, 0.15) is 11.3 Å². The van der Waals surface area contributed by atoms with Crippen molar-refractivity contribution < 1.29 is 9.90 Å². The molecule has 1 aromatic carbocycles. The molecule has 2 N–H and O–H groups in total. The van der Waals surface area contributed by atoms with Crippen LogP contribution in [-0.4, -0.2) is 36.7 Å². The Labute approximate surface area is 133 Å². The number of nitrogens with zero attached hydrogens (tertiary/aromatic N) is 4. The number of H-pyrrole nitrogens is 1. The Morgan fingerprint density at radius 1 is 1.35 bits per heavy atom. The summed E-state index contributed by atoms with van der Waals surface area (Å²) in [6, 6.07) is 8.99. The molecule has 0 fully saturated rings. The van der Waals surface area contributed by atoms with Crippen LogP contribution in [0.2, 0.25) is 0 Å². The smallest absolute Gasteiger partial charge is 0.328 e. The molecule has 0 bridgehead atoms. The summed E-state index contributed by atoms with van der Waals surface area (Å²) in [5.74, 6) is -0.905. The maximum Gasteiger partial charge on any atom is 0.328 e. The molecule has 0 radical (unpaired) electrons. The number of carbonyl (C=O) groups is 1. The third-order valence-corrected chi connectivity index (χ3v) is 3.58. The summed E-state index contributed by atoms with van der Waals surface area (Å²) in [7, 11) is 0. The number of carboxylic acid groups (broad SMARTS) is 1. The first-order valence-corrected chi connectivity index (χ1v) is 7.23. The van der Waals surface area contributed by atoms with Gasteiger partial charge in [0, 0.05) is 25.0 Å². The van der Waals surface area contributed by atoms with E-state index >= 15 is 0 Å². The van der Waals surface area contributed by atoms with Crippen LogP contribution in [0.15, 0.2) is 61.6 Å². The zero-order valence-electron chi connectivity index (χ0n) is 12.4. The van der Waals surface area contributed by atoms with Crippen LogP contribution in [0.3, 0.4) is 0 Å². The molecule has 0 aliphatic heterocycles. The van der Waals surface area contributed by atoms with E-state index in [4.69, 9.17) is 0 Å². The van der Waals surface area contributed by atoms with E-state index in [1.54, 1.807) is 40.9 Å². The first kappa shape index (κ1) is 14.8. The summed E-state index contributed by atoms with van der Waals surface area (Å²) < 4.78 is 1.71. The lowest BCUT2D eigenvalue weighted by Crippen LogP contribution is -2.48. The monoisotopic (exact) mass is 311 g/mol. The number of benzene rings is 1. The van der Waals surface area contributed by atoms with Crippen molar-refractivity contribution in [1.82, 2.24) is 19.6 Å². The number of aromatic amines is 1. The molecular formula is C16H17N5O2. The van der Waals surface area contributed by atoms with E-state index < -0.39 is 12.0 Å². The Hall–Kier alpha value is -3.09. The minimum absolute atomic E-state index is 0.295. The van der Waals surface area contributed by atoms with Gasteiger partial charge in [-0.25, -0.2) is 14.8 Å². The second-order valence-corrected chi connectivity index (χ2v) is 5.14. The molecule has 7 heteroatoms. The number of hydrogen-bond acceptors (Lipinski definition) is 4. The molecule has 118 valence electrons. The molecule has 2 aromatic heterocycles. The summed E-state index contributed by atoms with van der Waals surface area (Å²) in [6.45, 7) is 0.457. The fraction of sp³-hybridized carbons (Fsp3) is 0.188. The average molecular weight is 311 g/mol. The van der Waals surface area contributed by atoms with E-state index in [9.17, 15) is 9.90 Å². The third-order valence-electron chi connectivity index (χ3n) is 3.58. The highest BCUT2D eigenvalue weighted by molar-refractivity contribution is 5.76. The predicted molar refractivity (Wildman–Crippen MR) is 84.3 cm³/mol. The molecule has 3 rings (SSSR count). The number of carboxylic acids is 1. The van der Waals surface area contributed by atoms with Gasteiger partial charge in [-0.2, -0.15) is 0 Å². The minimum atomic E-state index is -0.905. The molecule has 0 saturated carbocycles. The highest BCUT2D eigenvalue weighted by Crippen LogP contribution is 2.12. The molecular weight excluding hydrogens is 294 g/mol. The fourth-order valence-electron chi connectivity index (χ4n) is 2.45. The van der Waals surface area contributed by atoms with Crippen LogP contribution in [-0.2, 0) is 17.8 Å². The molecule has 0 unspecified atom stereocenters. The van der Waals surface area contributed by atoms with Gasteiger partial charge in [0.1, 0.15) is 12.4 Å². The van der Waals surface area contributed by atoms with Crippen LogP contribution in [0.5, 0.6) is 0 Å². The van der Waals surface area contributed by atoms with Crippen molar-refractivity contribution in [2.75, 3.05) is 5.01 Å². The molecule has 3 aromatic rings. The first-order valence-electron chi connectivity index (χ1n) is 7.23. The molecule has 0 aliphatic rings. The van der Waals surface area contributed by atoms with Gasteiger partial charge in [-0.05, 0) is 5.56 Å². The highest BCUT2D eigenvalue weighted by Gasteiger charge is 2.27. The van der Waals surface area contributed by atoms with Gasteiger partial charge in [0.2, 0.25) is 0 Å². The van der Waals surface area contributed by atoms with Crippen molar-refractivity contribution in [1.29, 1.82) is 0 Å². The van der Waals surface area contributed by atoms with E-state index in [1.807, 2.05) is 30.3 Å². The Morgan fingerprint density at radius 2 is 2.17 bits per heavy atom. The third kappa shape index (κ3) is 3.57. The van der Waals surface area contributed by atoms with Crippen molar-refractivity contribution in [2.45, 2.75) is 19.0 Å². The zero-order chi connectivity index (χ0) is 16.1. The van der Waals surface area contributed by atoms with Crippen LogP contribution >= 0.6 is 0 Å². The molecule has 0 spiro atoms. The van der Waals surface area contributed by atoms with E-state index in [2.05, 4.69) is 15.0 Å². The summed E-state index contributed by atoms with van der Waals surface area (Å²) in [4.78, 5) is 22.9. The number of hydrogen-bond donors (Lipinski definition) is 2. The van der Waals surface area contributed by atoms with Gasteiger partial charge in [-0.1, -0.05) is 30.3 Å². The largest absolute Gasteiger partial charge is 0.480 e. The van der Waals surface area contributed by atoms with Crippen LogP contribution in [0.25, 0.3) is 0 Å². The lowest BCUT2D eigenvalue weighted by Gasteiger charge is -2.31. The van der Waals surface area contributed by atoms with Gasteiger partial charge in [-0.3, -0.25) is 9.69 Å². The Bertz CT molecular complexity index is 725. The number of imidazole rings is 2. The quantitative estimate of drug-likeness (QED) is 0.689. The second kappa shape index (κ2) is 6.78. The number of aromatic nitrogens is 4. The zero-order valence-corrected chi connectivity index (χ0v) is 12.4. The Balaban J connectivity index is 1.90. The maximum absolute atomic E-state index is 11.8. The lowest BCUT2D eigenvalue weighted by atomic mass is 10.1. The predicted octanol–water partition coefficient (Wildman–Crippen LogP) is 1.44. The topological polar surface area (TPSA) is 87.0 Å². The summed E-state index contributed by atoms with van der Waals surface area (Å²) >= 11 is 0. The fourth-order valence-corrected chi connectivity index (χ4v) is 2.45.